The molecular formula is C74H92F6N12O13S4. The lowest BCUT2D eigenvalue weighted by Crippen LogP contribution is -2.47. The zero-order valence-corrected chi connectivity index (χ0v) is 62.0. The topological polar surface area (TPSA) is 332 Å². The summed E-state index contributed by atoms with van der Waals surface area (Å²) in [5, 5.41) is 58.5. The van der Waals surface area contributed by atoms with Crippen molar-refractivity contribution in [3.05, 3.63) is 228 Å². The number of aliphatic hydroxyl groups is 4. The van der Waals surface area contributed by atoms with Gasteiger partial charge in [-0.25, -0.2) is 70.1 Å². The SMILES string of the molecule is C.C.C=CC[C@@H](COC(=O)Nc1cc2ccccc2cn1)N(C)C(=O)NCc1cccc(F)c1F.CN(C(=O)NCc1cccc(F)c1F)[C@H](COC(=O)Nc1cc2ccccc2cn1)C[C@@H](O)CO.CN(C(=O)NCc1cccc(F)c1F)[C@H](COC(=O)Nc1cc2ccccc2cn1)C[C@H](O)CO.S.S.S.S. The number of benzene rings is 6. The zero-order chi connectivity index (χ0) is 74.5. The minimum absolute atomic E-state index is 0. The molecule has 6 aromatic carbocycles. The summed E-state index contributed by atoms with van der Waals surface area (Å²) in [6.07, 6.45) is 1.86. The molecule has 0 bridgehead atoms. The molecule has 0 spiro atoms. The predicted molar refractivity (Wildman–Crippen MR) is 426 cm³/mol. The molecule has 0 fully saturated rings. The molecule has 9 amide bonds. The highest BCUT2D eigenvalue weighted by molar-refractivity contribution is 7.59. The lowest BCUT2D eigenvalue weighted by atomic mass is 10.1. The van der Waals surface area contributed by atoms with E-state index in [0.717, 1.165) is 60.3 Å². The van der Waals surface area contributed by atoms with Gasteiger partial charge < -0.3 is 65.3 Å². The summed E-state index contributed by atoms with van der Waals surface area (Å²) in [6.45, 7) is 1.06. The summed E-state index contributed by atoms with van der Waals surface area (Å²) in [6, 6.07) is 34.5. The van der Waals surface area contributed by atoms with Gasteiger partial charge in [-0.1, -0.05) is 130 Å². The van der Waals surface area contributed by atoms with Crippen molar-refractivity contribution in [1.29, 1.82) is 0 Å². The van der Waals surface area contributed by atoms with E-state index in [2.05, 4.69) is 53.4 Å². The number of pyridine rings is 3. The third kappa shape index (κ3) is 30.0. The average Bonchev–Trinajstić information content (AvgIpc) is 0.906. The molecule has 0 saturated carbocycles. The maximum atomic E-state index is 13.8. The van der Waals surface area contributed by atoms with Gasteiger partial charge in [-0.05, 0) is 71.8 Å². The number of fused-ring (bicyclic) bond motifs is 3. The summed E-state index contributed by atoms with van der Waals surface area (Å²) in [5.74, 6) is -5.32. The Morgan fingerprint density at radius 1 is 0.431 bits per heavy atom. The van der Waals surface area contributed by atoms with Crippen LogP contribution in [0, 0.1) is 34.9 Å². The Kier molecular flexibility index (Phi) is 43.4. The van der Waals surface area contributed by atoms with E-state index in [0.29, 0.717) is 12.2 Å². The molecule has 0 aliphatic heterocycles. The highest BCUT2D eigenvalue weighted by Crippen LogP contribution is 2.22. The van der Waals surface area contributed by atoms with Crippen LogP contribution in [0.4, 0.5) is 72.6 Å². The first kappa shape index (κ1) is 96.7. The van der Waals surface area contributed by atoms with Crippen LogP contribution in [-0.2, 0) is 33.8 Å². The summed E-state index contributed by atoms with van der Waals surface area (Å²) < 4.78 is 97.2. The fraction of sp³-hybridized carbons (Fsp3) is 0.284. The van der Waals surface area contributed by atoms with Crippen LogP contribution in [0.3, 0.4) is 0 Å². The summed E-state index contributed by atoms with van der Waals surface area (Å²) in [5.41, 5.74) is -0.0649. The van der Waals surface area contributed by atoms with Crippen molar-refractivity contribution in [3.8, 4) is 0 Å². The first-order valence-electron chi connectivity index (χ1n) is 31.8. The Morgan fingerprint density at radius 3 is 0.972 bits per heavy atom. The van der Waals surface area contributed by atoms with Gasteiger partial charge in [-0.2, -0.15) is 54.0 Å². The third-order valence-corrected chi connectivity index (χ3v) is 15.7. The Hall–Kier alpha value is -10.3. The van der Waals surface area contributed by atoms with Crippen molar-refractivity contribution >= 4 is 140 Å². The van der Waals surface area contributed by atoms with Gasteiger partial charge in [0.15, 0.2) is 34.9 Å². The van der Waals surface area contributed by atoms with Gasteiger partial charge in [0.05, 0.1) is 43.5 Å². The van der Waals surface area contributed by atoms with Crippen LogP contribution < -0.4 is 31.9 Å². The maximum absolute atomic E-state index is 13.8. The van der Waals surface area contributed by atoms with Crippen LogP contribution in [0.5, 0.6) is 0 Å². The number of nitrogens with one attached hydrogen (secondary N) is 6. The standard InChI is InChI=1S/2C24H26F2N4O5.C24H24F2N4O3.2CH4.4H2S/c2*1-30(23(33)28-12-17-7-4-8-20(25)22(17)26)18(10-19(32)13-31)14-35-24(34)29-21-9-15-5-2-3-6-16(15)11-27-21;1-3-7-19(30(2)23(31)28-14-18-10-6-11-20(25)22(18)26)15-33-24(32)29-21-12-16-8-4-5-9-17(16)13-27-21;;;;;;/h2*2-9,11,18-19,31-32H,10,12-14H2,1H3,(H,28,33)(H,27,29,34);3-6,8-13,19H,1,7,14-15H2,2H3,(H,28,31)(H,27,29,32);2*1H4;4*1H2/t18-,19+;18-,19-;19-;;;;;;/m000....../s1. The van der Waals surface area contributed by atoms with E-state index in [4.69, 9.17) is 14.2 Å². The van der Waals surface area contributed by atoms with Crippen LogP contribution in [0.1, 0.15) is 50.8 Å². The number of halogens is 6. The van der Waals surface area contributed by atoms with Gasteiger partial charge in [0.1, 0.15) is 37.3 Å². The van der Waals surface area contributed by atoms with E-state index in [1.54, 1.807) is 42.9 Å². The Labute approximate surface area is 654 Å². The Balaban J connectivity index is 0.000000796. The number of urea groups is 3. The summed E-state index contributed by atoms with van der Waals surface area (Å²) in [7, 11) is 4.29. The molecule has 0 unspecified atom stereocenters. The van der Waals surface area contributed by atoms with Crippen LogP contribution >= 0.6 is 54.0 Å². The molecule has 109 heavy (non-hydrogen) atoms. The van der Waals surface area contributed by atoms with E-state index < -0.39 is 115 Å². The molecule has 9 aromatic rings. The molecule has 0 radical (unpaired) electrons. The van der Waals surface area contributed by atoms with Crippen LogP contribution in [0.2, 0.25) is 0 Å². The second-order valence-electron chi connectivity index (χ2n) is 23.0. The lowest BCUT2D eigenvalue weighted by Gasteiger charge is -2.29. The number of likely N-dealkylation sites (N-methyl/N-ethyl adjacent to an activating group) is 3. The number of anilines is 3. The summed E-state index contributed by atoms with van der Waals surface area (Å²) in [4.78, 5) is 90.6. The van der Waals surface area contributed by atoms with Crippen molar-refractivity contribution in [1.82, 2.24) is 45.6 Å². The molecule has 5 atom stereocenters. The third-order valence-electron chi connectivity index (χ3n) is 15.7. The monoisotopic (exact) mass is 1600 g/mol. The van der Waals surface area contributed by atoms with Gasteiger partial charge >= 0.3 is 36.4 Å². The molecule has 0 saturated heterocycles. The van der Waals surface area contributed by atoms with Gasteiger partial charge in [0.2, 0.25) is 0 Å². The molecule has 10 N–H and O–H groups in total. The van der Waals surface area contributed by atoms with Gasteiger partial charge in [-0.15, -0.1) is 6.58 Å². The predicted octanol–water partition coefficient (Wildman–Crippen LogP) is 12.6. The molecule has 3 heterocycles. The molecule has 0 aliphatic rings. The minimum Gasteiger partial charge on any atom is -0.447 e. The Morgan fingerprint density at radius 2 is 0.697 bits per heavy atom. The van der Waals surface area contributed by atoms with Gasteiger partial charge in [-0.3, -0.25) is 16.0 Å². The smallest absolute Gasteiger partial charge is 0.412 e. The number of carbonyl (C=O) groups is 6. The van der Waals surface area contributed by atoms with Crippen molar-refractivity contribution < 1.29 is 89.7 Å². The van der Waals surface area contributed by atoms with Crippen molar-refractivity contribution in [3.63, 3.8) is 0 Å². The molecule has 3 aromatic heterocycles. The molecule has 25 nitrogen and oxygen atoms in total. The first-order valence-corrected chi connectivity index (χ1v) is 31.8. The van der Waals surface area contributed by atoms with Crippen molar-refractivity contribution in [2.75, 3.05) is 70.1 Å². The van der Waals surface area contributed by atoms with Crippen molar-refractivity contribution in [2.45, 2.75) is 84.1 Å². The second kappa shape index (κ2) is 48.9. The van der Waals surface area contributed by atoms with E-state index >= 15 is 0 Å². The van der Waals surface area contributed by atoms with Gasteiger partial charge in [0.25, 0.3) is 0 Å². The molecule has 9 rings (SSSR count). The number of aliphatic hydroxyl groups excluding tert-OH is 4. The zero-order valence-electron chi connectivity index (χ0n) is 58.0. The molecule has 0 aliphatic carbocycles. The number of ether oxygens (including phenoxy) is 3. The maximum Gasteiger partial charge on any atom is 0.412 e. The Bertz CT molecular complexity index is 4220. The van der Waals surface area contributed by atoms with Crippen LogP contribution in [-0.4, -0.2) is 171 Å². The lowest BCUT2D eigenvalue weighted by molar-refractivity contribution is 0.0480. The minimum atomic E-state index is -1.18. The normalized spacial score (nSPS) is 11.6. The fourth-order valence-corrected chi connectivity index (χ4v) is 9.82. The summed E-state index contributed by atoms with van der Waals surface area (Å²) >= 11 is 0. The van der Waals surface area contributed by atoms with E-state index in [1.807, 2.05) is 72.8 Å². The van der Waals surface area contributed by atoms with Crippen LogP contribution in [0.25, 0.3) is 32.3 Å². The number of nitrogens with zero attached hydrogens (tertiary/aromatic N) is 6. The van der Waals surface area contributed by atoms with E-state index in [9.17, 15) is 75.5 Å². The number of amides is 9. The number of rotatable bonds is 26. The number of carbonyl (C=O) groups excluding carboxylic acids is 6. The second-order valence-corrected chi connectivity index (χ2v) is 23.0. The highest BCUT2D eigenvalue weighted by Gasteiger charge is 2.28. The van der Waals surface area contributed by atoms with Crippen LogP contribution in [0.15, 0.2) is 177 Å². The molecule has 35 heteroatoms. The molecule has 592 valence electrons. The van der Waals surface area contributed by atoms with E-state index in [-0.39, 0.29) is 149 Å². The number of hydrogen-bond acceptors (Lipinski definition) is 16. The first-order chi connectivity index (χ1) is 49.4. The number of hydrogen-bond donors (Lipinski definition) is 10. The number of aromatic nitrogens is 3. The fourth-order valence-electron chi connectivity index (χ4n) is 9.82. The quantitative estimate of drug-likeness (QED) is 0.0137. The average molecular weight is 1600 g/mol. The van der Waals surface area contributed by atoms with Gasteiger partial charge in [0, 0.05) is 92.2 Å². The van der Waals surface area contributed by atoms with E-state index in [1.165, 1.54) is 62.4 Å². The molecular weight excluding hydrogens is 1510 g/mol. The van der Waals surface area contributed by atoms with Crippen molar-refractivity contribution in [2.24, 2.45) is 0 Å². The highest BCUT2D eigenvalue weighted by atomic mass is 32.1. The largest absolute Gasteiger partial charge is 0.447 e.